The lowest BCUT2D eigenvalue weighted by molar-refractivity contribution is 0.598. The Labute approximate surface area is 89.5 Å². The number of aromatic nitrogens is 1. The molecule has 2 unspecified atom stereocenters. The predicted octanol–water partition coefficient (Wildman–Crippen LogP) is 2.49. The number of nitrogens with zero attached hydrogens (tertiary/aromatic N) is 1. The minimum absolute atomic E-state index is 0.167. The fourth-order valence-electron chi connectivity index (χ4n) is 2.04. The van der Waals surface area contributed by atoms with Gasteiger partial charge in [0.05, 0.1) is 0 Å². The number of hydrogen-bond acceptors (Lipinski definition) is 2. The maximum atomic E-state index is 6.09. The van der Waals surface area contributed by atoms with Crippen molar-refractivity contribution >= 4 is 11.6 Å². The number of hydrogen-bond donors (Lipinski definition) is 1. The minimum atomic E-state index is 0.167. The second-order valence-electron chi connectivity index (χ2n) is 4.66. The van der Waals surface area contributed by atoms with Gasteiger partial charge in [-0.1, -0.05) is 31.5 Å². The molecule has 14 heavy (non-hydrogen) atoms. The van der Waals surface area contributed by atoms with Crippen molar-refractivity contribution in [2.45, 2.75) is 32.7 Å². The molecule has 0 spiro atoms. The van der Waals surface area contributed by atoms with Gasteiger partial charge < -0.3 is 5.73 Å². The third-order valence-corrected chi connectivity index (χ3v) is 3.57. The lowest BCUT2D eigenvalue weighted by Crippen LogP contribution is -2.06. The van der Waals surface area contributed by atoms with E-state index < -0.39 is 0 Å². The summed E-state index contributed by atoms with van der Waals surface area (Å²) in [6.45, 7) is 6.27. The fourth-order valence-corrected chi connectivity index (χ4v) is 2.35. The van der Waals surface area contributed by atoms with E-state index in [0.717, 1.165) is 11.3 Å². The molecule has 2 nitrogen and oxygen atoms in total. The van der Waals surface area contributed by atoms with E-state index in [1.165, 1.54) is 0 Å². The molecule has 1 saturated carbocycles. The maximum Gasteiger partial charge on any atom is 0.132 e. The summed E-state index contributed by atoms with van der Waals surface area (Å²) in [6, 6.07) is 4.25. The smallest absolute Gasteiger partial charge is 0.132 e. The lowest BCUT2D eigenvalue weighted by Gasteiger charge is -2.05. The summed E-state index contributed by atoms with van der Waals surface area (Å²) in [5.74, 6) is 0.364. The monoisotopic (exact) mass is 210 g/mol. The first kappa shape index (κ1) is 9.94. The van der Waals surface area contributed by atoms with Crippen LogP contribution in [-0.4, -0.2) is 11.0 Å². The van der Waals surface area contributed by atoms with Crippen LogP contribution in [0.3, 0.4) is 0 Å². The number of halogens is 1. The molecule has 1 aromatic heterocycles. The Morgan fingerprint density at radius 3 is 2.43 bits per heavy atom. The number of nitrogens with two attached hydrogens (primary N) is 1. The normalized spacial score (nSPS) is 28.9. The standard InChI is InChI=1S/C11H15ClN2/c1-6-4-5-7(10(12)14-6)8-9(13)11(8,2)3/h4-5,8-9H,13H2,1-3H3. The second-order valence-corrected chi connectivity index (χ2v) is 5.02. The van der Waals surface area contributed by atoms with Crippen molar-refractivity contribution in [3.05, 3.63) is 28.5 Å². The van der Waals surface area contributed by atoms with E-state index in [9.17, 15) is 0 Å². The van der Waals surface area contributed by atoms with Crippen LogP contribution in [0.25, 0.3) is 0 Å². The first-order chi connectivity index (χ1) is 6.44. The van der Waals surface area contributed by atoms with Crippen LogP contribution >= 0.6 is 11.6 Å². The summed E-state index contributed by atoms with van der Waals surface area (Å²) >= 11 is 6.09. The molecule has 1 aromatic rings. The summed E-state index contributed by atoms with van der Waals surface area (Å²) in [5.41, 5.74) is 8.21. The largest absolute Gasteiger partial charge is 0.327 e. The summed E-state index contributed by atoms with van der Waals surface area (Å²) in [4.78, 5) is 4.24. The zero-order valence-electron chi connectivity index (χ0n) is 8.71. The van der Waals surface area contributed by atoms with Gasteiger partial charge in [-0.3, -0.25) is 0 Å². The first-order valence-electron chi connectivity index (χ1n) is 4.83. The molecule has 1 fully saturated rings. The van der Waals surface area contributed by atoms with Crippen molar-refractivity contribution in [1.29, 1.82) is 0 Å². The molecule has 1 heterocycles. The van der Waals surface area contributed by atoms with Crippen LogP contribution in [0.4, 0.5) is 0 Å². The van der Waals surface area contributed by atoms with Crippen LogP contribution in [0.15, 0.2) is 12.1 Å². The van der Waals surface area contributed by atoms with Gasteiger partial charge in [-0.25, -0.2) is 4.98 Å². The molecule has 0 aliphatic heterocycles. The van der Waals surface area contributed by atoms with Crippen molar-refractivity contribution in [3.8, 4) is 0 Å². The fraction of sp³-hybridized carbons (Fsp3) is 0.545. The van der Waals surface area contributed by atoms with Crippen molar-refractivity contribution in [2.75, 3.05) is 0 Å². The van der Waals surface area contributed by atoms with Crippen LogP contribution in [0.5, 0.6) is 0 Å². The van der Waals surface area contributed by atoms with Gasteiger partial charge in [0.1, 0.15) is 5.15 Å². The van der Waals surface area contributed by atoms with Gasteiger partial charge in [0, 0.05) is 17.7 Å². The molecule has 76 valence electrons. The summed E-state index contributed by atoms with van der Waals surface area (Å²) in [7, 11) is 0. The highest BCUT2D eigenvalue weighted by molar-refractivity contribution is 6.30. The van der Waals surface area contributed by atoms with Gasteiger partial charge in [-0.2, -0.15) is 0 Å². The van der Waals surface area contributed by atoms with Gasteiger partial charge >= 0.3 is 0 Å². The van der Waals surface area contributed by atoms with Crippen LogP contribution in [0.2, 0.25) is 5.15 Å². The average Bonchev–Trinajstić information content (AvgIpc) is 2.54. The van der Waals surface area contributed by atoms with E-state index >= 15 is 0 Å². The molecule has 0 radical (unpaired) electrons. The van der Waals surface area contributed by atoms with Crippen LogP contribution in [-0.2, 0) is 0 Å². The molecule has 0 saturated heterocycles. The van der Waals surface area contributed by atoms with E-state index in [1.54, 1.807) is 0 Å². The summed E-state index contributed by atoms with van der Waals surface area (Å²) in [6.07, 6.45) is 0. The van der Waals surface area contributed by atoms with E-state index in [4.69, 9.17) is 17.3 Å². The maximum absolute atomic E-state index is 6.09. The molecule has 2 rings (SSSR count). The highest BCUT2D eigenvalue weighted by Gasteiger charge is 2.56. The molecule has 1 aliphatic rings. The SMILES string of the molecule is Cc1ccc(C2C(N)C2(C)C)c(Cl)n1. The predicted molar refractivity (Wildman–Crippen MR) is 58.5 cm³/mol. The zero-order valence-corrected chi connectivity index (χ0v) is 9.47. The van der Waals surface area contributed by atoms with Gasteiger partial charge in [0.15, 0.2) is 0 Å². The Morgan fingerprint density at radius 2 is 2.00 bits per heavy atom. The number of aryl methyl sites for hydroxylation is 1. The molecule has 0 aromatic carbocycles. The quantitative estimate of drug-likeness (QED) is 0.724. The van der Waals surface area contributed by atoms with E-state index in [1.807, 2.05) is 19.1 Å². The average molecular weight is 211 g/mol. The molecular formula is C11H15ClN2. The molecule has 0 amide bonds. The molecule has 3 heteroatoms. The van der Waals surface area contributed by atoms with E-state index in [2.05, 4.69) is 18.8 Å². The highest BCUT2D eigenvalue weighted by atomic mass is 35.5. The van der Waals surface area contributed by atoms with Gasteiger partial charge in [-0.15, -0.1) is 0 Å². The Balaban J connectivity index is 2.36. The Bertz CT molecular complexity index is 374. The topological polar surface area (TPSA) is 38.9 Å². The lowest BCUT2D eigenvalue weighted by atomic mass is 10.0. The third kappa shape index (κ3) is 1.33. The van der Waals surface area contributed by atoms with E-state index in [-0.39, 0.29) is 11.5 Å². The highest BCUT2D eigenvalue weighted by Crippen LogP contribution is 2.58. The first-order valence-corrected chi connectivity index (χ1v) is 5.21. The number of rotatable bonds is 1. The van der Waals surface area contributed by atoms with E-state index in [0.29, 0.717) is 11.1 Å². The molecule has 0 bridgehead atoms. The van der Waals surface area contributed by atoms with Crippen molar-refractivity contribution in [3.63, 3.8) is 0 Å². The zero-order chi connectivity index (χ0) is 10.5. The van der Waals surface area contributed by atoms with Crippen molar-refractivity contribution in [1.82, 2.24) is 4.98 Å². The van der Waals surface area contributed by atoms with Gasteiger partial charge in [0.2, 0.25) is 0 Å². The van der Waals surface area contributed by atoms with Crippen LogP contribution < -0.4 is 5.73 Å². The van der Waals surface area contributed by atoms with Crippen LogP contribution in [0.1, 0.15) is 31.0 Å². The minimum Gasteiger partial charge on any atom is -0.327 e. The Morgan fingerprint density at radius 1 is 1.43 bits per heavy atom. The molecule has 2 atom stereocenters. The molecule has 1 aliphatic carbocycles. The third-order valence-electron chi connectivity index (χ3n) is 3.26. The van der Waals surface area contributed by atoms with Gasteiger partial charge in [-0.05, 0) is 24.0 Å². The Kier molecular flexibility index (Phi) is 2.09. The molecule has 2 N–H and O–H groups in total. The molecular weight excluding hydrogens is 196 g/mol. The second kappa shape index (κ2) is 2.94. The van der Waals surface area contributed by atoms with Crippen molar-refractivity contribution in [2.24, 2.45) is 11.1 Å². The summed E-state index contributed by atoms with van der Waals surface area (Å²) in [5, 5.41) is 0.607. The van der Waals surface area contributed by atoms with Gasteiger partial charge in [0.25, 0.3) is 0 Å². The van der Waals surface area contributed by atoms with Crippen LogP contribution in [0, 0.1) is 12.3 Å². The number of pyridine rings is 1. The van der Waals surface area contributed by atoms with Crippen molar-refractivity contribution < 1.29 is 0 Å². The summed E-state index contributed by atoms with van der Waals surface area (Å²) < 4.78 is 0. The Hall–Kier alpha value is -0.600.